The molecule has 0 amide bonds. The van der Waals surface area contributed by atoms with E-state index < -0.39 is 0 Å². The number of nitrogens with one attached hydrogen (secondary N) is 1. The minimum Gasteiger partial charge on any atom is -0.310 e. The van der Waals surface area contributed by atoms with Gasteiger partial charge in [0.05, 0.1) is 12.0 Å². The summed E-state index contributed by atoms with van der Waals surface area (Å²) in [5.74, 6) is 1.14. The Morgan fingerprint density at radius 1 is 1.13 bits per heavy atom. The zero-order valence-electron chi connectivity index (χ0n) is 9.71. The average Bonchev–Trinajstić information content (AvgIpc) is 2.87. The summed E-state index contributed by atoms with van der Waals surface area (Å²) < 4.78 is 0. The fourth-order valence-electron chi connectivity index (χ4n) is 3.25. The van der Waals surface area contributed by atoms with Gasteiger partial charge >= 0.3 is 0 Å². The molecule has 84 valence electrons. The molecule has 2 fully saturated rings. The second-order valence-electron chi connectivity index (χ2n) is 5.27. The van der Waals surface area contributed by atoms with Crippen LogP contribution in [0.5, 0.6) is 0 Å². The molecule has 2 nitrogen and oxygen atoms in total. The zero-order chi connectivity index (χ0) is 10.7. The lowest BCUT2D eigenvalue weighted by Gasteiger charge is -2.26. The first kappa shape index (κ1) is 11.0. The lowest BCUT2D eigenvalue weighted by atomic mass is 9.97. The molecule has 2 saturated carbocycles. The van der Waals surface area contributed by atoms with Crippen molar-refractivity contribution < 1.29 is 0 Å². The van der Waals surface area contributed by atoms with Crippen LogP contribution in [0.4, 0.5) is 0 Å². The summed E-state index contributed by atoms with van der Waals surface area (Å²) >= 11 is 0. The Morgan fingerprint density at radius 2 is 1.87 bits per heavy atom. The van der Waals surface area contributed by atoms with E-state index in [-0.39, 0.29) is 5.92 Å². The Hall–Kier alpha value is -0.550. The van der Waals surface area contributed by atoms with E-state index >= 15 is 0 Å². The van der Waals surface area contributed by atoms with Crippen LogP contribution in [0.1, 0.15) is 51.9 Å². The summed E-state index contributed by atoms with van der Waals surface area (Å²) in [5.41, 5.74) is 0. The van der Waals surface area contributed by atoms with E-state index in [4.69, 9.17) is 5.26 Å². The Morgan fingerprint density at radius 3 is 2.53 bits per heavy atom. The molecule has 0 bridgehead atoms. The van der Waals surface area contributed by atoms with Crippen LogP contribution < -0.4 is 5.32 Å². The topological polar surface area (TPSA) is 35.8 Å². The molecule has 0 aromatic carbocycles. The maximum absolute atomic E-state index is 9.02. The molecule has 0 heterocycles. The van der Waals surface area contributed by atoms with Crippen LogP contribution in [-0.4, -0.2) is 12.1 Å². The van der Waals surface area contributed by atoms with Gasteiger partial charge in [-0.3, -0.25) is 0 Å². The minimum absolute atomic E-state index is 0.272. The van der Waals surface area contributed by atoms with Gasteiger partial charge in [0.25, 0.3) is 0 Å². The standard InChI is InChI=1S/C13H22N2/c1-10(11-5-2-3-6-11)15-13-8-4-7-12(13)9-14/h10-13,15H,2-8H2,1H3. The van der Waals surface area contributed by atoms with Gasteiger partial charge in [-0.2, -0.15) is 5.26 Å². The van der Waals surface area contributed by atoms with E-state index in [1.54, 1.807) is 0 Å². The zero-order valence-corrected chi connectivity index (χ0v) is 9.71. The fourth-order valence-corrected chi connectivity index (χ4v) is 3.25. The molecule has 0 aliphatic heterocycles. The van der Waals surface area contributed by atoms with Crippen molar-refractivity contribution in [3.05, 3.63) is 0 Å². The molecule has 2 aliphatic rings. The highest BCUT2D eigenvalue weighted by molar-refractivity contribution is 4.97. The molecule has 3 atom stereocenters. The largest absolute Gasteiger partial charge is 0.310 e. The van der Waals surface area contributed by atoms with Crippen LogP contribution in [0, 0.1) is 23.2 Å². The molecular formula is C13H22N2. The molecule has 0 saturated heterocycles. The number of rotatable bonds is 3. The molecule has 2 aliphatic carbocycles. The van der Waals surface area contributed by atoms with Gasteiger partial charge in [-0.1, -0.05) is 19.3 Å². The van der Waals surface area contributed by atoms with Crippen LogP contribution >= 0.6 is 0 Å². The van der Waals surface area contributed by atoms with Gasteiger partial charge in [0.2, 0.25) is 0 Å². The third-order valence-corrected chi connectivity index (χ3v) is 4.27. The van der Waals surface area contributed by atoms with Crippen molar-refractivity contribution in [2.24, 2.45) is 11.8 Å². The lowest BCUT2D eigenvalue weighted by molar-refractivity contribution is 0.324. The molecule has 2 heteroatoms. The molecule has 3 unspecified atom stereocenters. The molecule has 0 aromatic rings. The maximum atomic E-state index is 9.02. The summed E-state index contributed by atoms with van der Waals surface area (Å²) in [6, 6.07) is 3.54. The second-order valence-corrected chi connectivity index (χ2v) is 5.27. The molecule has 2 rings (SSSR count). The smallest absolute Gasteiger partial charge is 0.0672 e. The van der Waals surface area contributed by atoms with E-state index in [9.17, 15) is 0 Å². The Bertz CT molecular complexity index is 237. The number of hydrogen-bond donors (Lipinski definition) is 1. The number of nitrogens with zero attached hydrogens (tertiary/aromatic N) is 1. The van der Waals surface area contributed by atoms with E-state index in [0.717, 1.165) is 12.3 Å². The maximum Gasteiger partial charge on any atom is 0.0672 e. The molecule has 0 aromatic heterocycles. The Balaban J connectivity index is 1.82. The third kappa shape index (κ3) is 2.52. The molecular weight excluding hydrogens is 184 g/mol. The van der Waals surface area contributed by atoms with Gasteiger partial charge in [0, 0.05) is 12.1 Å². The van der Waals surface area contributed by atoms with Crippen molar-refractivity contribution >= 4 is 0 Å². The predicted octanol–water partition coefficient (Wildman–Crippen LogP) is 2.85. The summed E-state index contributed by atoms with van der Waals surface area (Å²) in [7, 11) is 0. The van der Waals surface area contributed by atoms with Gasteiger partial charge in [-0.05, 0) is 38.5 Å². The number of nitriles is 1. The van der Waals surface area contributed by atoms with Crippen LogP contribution in [-0.2, 0) is 0 Å². The summed E-state index contributed by atoms with van der Waals surface area (Å²) in [4.78, 5) is 0. The van der Waals surface area contributed by atoms with Gasteiger partial charge in [0.1, 0.15) is 0 Å². The van der Waals surface area contributed by atoms with Gasteiger partial charge in [-0.25, -0.2) is 0 Å². The Kier molecular flexibility index (Phi) is 3.64. The summed E-state index contributed by atoms with van der Waals surface area (Å²) in [5, 5.41) is 12.7. The average molecular weight is 206 g/mol. The second kappa shape index (κ2) is 4.99. The Labute approximate surface area is 93.0 Å². The first-order valence-corrected chi connectivity index (χ1v) is 6.47. The van der Waals surface area contributed by atoms with Crippen molar-refractivity contribution in [2.45, 2.75) is 64.0 Å². The number of hydrogen-bond acceptors (Lipinski definition) is 2. The van der Waals surface area contributed by atoms with Crippen molar-refractivity contribution in [3.8, 4) is 6.07 Å². The molecule has 0 radical (unpaired) electrons. The highest BCUT2D eigenvalue weighted by Crippen LogP contribution is 2.30. The highest BCUT2D eigenvalue weighted by Gasteiger charge is 2.30. The van der Waals surface area contributed by atoms with Crippen LogP contribution in [0.3, 0.4) is 0 Å². The highest BCUT2D eigenvalue weighted by atomic mass is 15.0. The summed E-state index contributed by atoms with van der Waals surface area (Å²) in [6.45, 7) is 2.31. The van der Waals surface area contributed by atoms with Crippen LogP contribution in [0.2, 0.25) is 0 Å². The van der Waals surface area contributed by atoms with Crippen LogP contribution in [0.15, 0.2) is 0 Å². The van der Waals surface area contributed by atoms with Crippen molar-refractivity contribution in [3.63, 3.8) is 0 Å². The van der Waals surface area contributed by atoms with E-state index in [1.165, 1.54) is 38.5 Å². The monoisotopic (exact) mass is 206 g/mol. The van der Waals surface area contributed by atoms with E-state index in [2.05, 4.69) is 18.3 Å². The van der Waals surface area contributed by atoms with Gasteiger partial charge < -0.3 is 5.32 Å². The third-order valence-electron chi connectivity index (χ3n) is 4.27. The quantitative estimate of drug-likeness (QED) is 0.770. The first-order chi connectivity index (χ1) is 7.31. The fraction of sp³-hybridized carbons (Fsp3) is 0.923. The van der Waals surface area contributed by atoms with Gasteiger partial charge in [-0.15, -0.1) is 0 Å². The van der Waals surface area contributed by atoms with Gasteiger partial charge in [0.15, 0.2) is 0 Å². The summed E-state index contributed by atoms with van der Waals surface area (Å²) in [6.07, 6.45) is 9.12. The lowest BCUT2D eigenvalue weighted by Crippen LogP contribution is -2.41. The van der Waals surface area contributed by atoms with Crippen LogP contribution in [0.25, 0.3) is 0 Å². The molecule has 1 N–H and O–H groups in total. The molecule has 15 heavy (non-hydrogen) atoms. The predicted molar refractivity (Wildman–Crippen MR) is 61.3 cm³/mol. The van der Waals surface area contributed by atoms with Crippen molar-refractivity contribution in [2.75, 3.05) is 0 Å². The minimum atomic E-state index is 0.272. The van der Waals surface area contributed by atoms with E-state index in [1.807, 2.05) is 0 Å². The first-order valence-electron chi connectivity index (χ1n) is 6.47. The van der Waals surface area contributed by atoms with E-state index in [0.29, 0.717) is 12.1 Å². The molecule has 0 spiro atoms. The van der Waals surface area contributed by atoms with Crippen molar-refractivity contribution in [1.82, 2.24) is 5.32 Å². The van der Waals surface area contributed by atoms with Crippen molar-refractivity contribution in [1.29, 1.82) is 5.26 Å². The SMILES string of the molecule is CC(NC1CCCC1C#N)C1CCCC1. The normalized spacial score (nSPS) is 34.1.